The molecule has 0 bridgehead atoms. The van der Waals surface area contributed by atoms with E-state index in [2.05, 4.69) is 5.32 Å². The number of carbonyl (C=O) groups is 2. The maximum atomic E-state index is 10.4. The third-order valence-electron chi connectivity index (χ3n) is 3.17. The van der Waals surface area contributed by atoms with Crippen LogP contribution in [0.2, 0.25) is 0 Å². The fourth-order valence-electron chi connectivity index (χ4n) is 1.76. The van der Waals surface area contributed by atoms with Crippen LogP contribution in [0.4, 0.5) is 0 Å². The first-order valence-electron chi connectivity index (χ1n) is 6.65. The van der Waals surface area contributed by atoms with Crippen molar-refractivity contribution in [3.63, 3.8) is 0 Å². The summed E-state index contributed by atoms with van der Waals surface area (Å²) in [5.41, 5.74) is 0. The molecular weight excluding hydrogens is 234 g/mol. The van der Waals surface area contributed by atoms with Crippen molar-refractivity contribution in [3.05, 3.63) is 0 Å². The third kappa shape index (κ3) is 8.98. The van der Waals surface area contributed by atoms with Crippen molar-refractivity contribution < 1.29 is 19.8 Å². The number of hydrogen-bond donors (Lipinski definition) is 3. The van der Waals surface area contributed by atoms with Crippen LogP contribution in [0.25, 0.3) is 0 Å². The predicted octanol–water partition coefficient (Wildman–Crippen LogP) is 2.11. The van der Waals surface area contributed by atoms with Gasteiger partial charge in [0.1, 0.15) is 0 Å². The van der Waals surface area contributed by atoms with Gasteiger partial charge in [0.2, 0.25) is 0 Å². The first-order valence-corrected chi connectivity index (χ1v) is 6.65. The minimum Gasteiger partial charge on any atom is -0.481 e. The lowest BCUT2D eigenvalue weighted by molar-refractivity contribution is -0.142. The van der Waals surface area contributed by atoms with E-state index in [1.165, 1.54) is 6.42 Å². The first-order chi connectivity index (χ1) is 8.47. The predicted molar refractivity (Wildman–Crippen MR) is 69.6 cm³/mol. The number of hydrogen-bond acceptors (Lipinski definition) is 3. The van der Waals surface area contributed by atoms with Crippen LogP contribution < -0.4 is 5.32 Å². The van der Waals surface area contributed by atoms with Crippen molar-refractivity contribution in [2.24, 2.45) is 5.92 Å². The Morgan fingerprint density at radius 1 is 1.22 bits per heavy atom. The van der Waals surface area contributed by atoms with Crippen LogP contribution in [0.3, 0.4) is 0 Å². The SMILES string of the molecule is CCC(C)NCC(=O)O.O=C(O)C1CCCCC1. The van der Waals surface area contributed by atoms with E-state index in [-0.39, 0.29) is 12.5 Å². The highest BCUT2D eigenvalue weighted by Gasteiger charge is 2.19. The number of rotatable bonds is 5. The molecule has 0 heterocycles. The van der Waals surface area contributed by atoms with Crippen LogP contribution >= 0.6 is 0 Å². The van der Waals surface area contributed by atoms with Crippen LogP contribution in [-0.4, -0.2) is 34.7 Å². The molecule has 0 spiro atoms. The van der Waals surface area contributed by atoms with E-state index in [9.17, 15) is 9.59 Å². The van der Waals surface area contributed by atoms with Crippen molar-refractivity contribution in [2.45, 2.75) is 58.4 Å². The highest BCUT2D eigenvalue weighted by atomic mass is 16.4. The Kier molecular flexibility index (Phi) is 9.28. The molecule has 1 fully saturated rings. The smallest absolute Gasteiger partial charge is 0.317 e. The van der Waals surface area contributed by atoms with Gasteiger partial charge in [-0.05, 0) is 26.2 Å². The number of aliphatic carboxylic acids is 2. The van der Waals surface area contributed by atoms with E-state index in [1.54, 1.807) is 0 Å². The summed E-state index contributed by atoms with van der Waals surface area (Å²) in [5, 5.41) is 19.6. The van der Waals surface area contributed by atoms with Crippen LogP contribution in [0.5, 0.6) is 0 Å². The summed E-state index contributed by atoms with van der Waals surface area (Å²) in [6, 6.07) is 0.307. The zero-order valence-corrected chi connectivity index (χ0v) is 11.3. The molecule has 5 heteroatoms. The lowest BCUT2D eigenvalue weighted by Gasteiger charge is -2.16. The molecule has 0 aliphatic heterocycles. The Morgan fingerprint density at radius 2 is 1.78 bits per heavy atom. The number of carboxylic acids is 2. The molecule has 0 aromatic rings. The summed E-state index contributed by atoms with van der Waals surface area (Å²) >= 11 is 0. The number of carboxylic acid groups (broad SMARTS) is 2. The van der Waals surface area contributed by atoms with E-state index in [0.29, 0.717) is 6.04 Å². The van der Waals surface area contributed by atoms with Crippen molar-refractivity contribution in [2.75, 3.05) is 6.54 Å². The zero-order chi connectivity index (χ0) is 14.0. The van der Waals surface area contributed by atoms with Gasteiger partial charge in [0, 0.05) is 6.04 Å². The van der Waals surface area contributed by atoms with Crippen LogP contribution in [0, 0.1) is 5.92 Å². The topological polar surface area (TPSA) is 86.6 Å². The molecule has 0 aromatic heterocycles. The van der Waals surface area contributed by atoms with Gasteiger partial charge in [-0.15, -0.1) is 0 Å². The molecule has 1 atom stereocenters. The molecule has 1 aliphatic rings. The van der Waals surface area contributed by atoms with E-state index >= 15 is 0 Å². The molecule has 0 radical (unpaired) electrons. The standard InChI is InChI=1S/C7H12O2.C6H13NO2/c8-7(9)6-4-2-1-3-5-6;1-3-5(2)7-4-6(8)9/h6H,1-5H2,(H,8,9);5,7H,3-4H2,1-2H3,(H,8,9). The molecular formula is C13H25NO4. The lowest BCUT2D eigenvalue weighted by Crippen LogP contribution is -2.30. The Morgan fingerprint density at radius 3 is 2.11 bits per heavy atom. The summed E-state index contributed by atoms with van der Waals surface area (Å²) in [6.07, 6.45) is 6.20. The van der Waals surface area contributed by atoms with Gasteiger partial charge in [-0.1, -0.05) is 26.2 Å². The molecule has 1 aliphatic carbocycles. The Labute approximate surface area is 109 Å². The second kappa shape index (κ2) is 9.88. The van der Waals surface area contributed by atoms with Crippen molar-refractivity contribution in [1.29, 1.82) is 0 Å². The zero-order valence-electron chi connectivity index (χ0n) is 11.3. The highest BCUT2D eigenvalue weighted by molar-refractivity contribution is 5.70. The van der Waals surface area contributed by atoms with Gasteiger partial charge in [-0.2, -0.15) is 0 Å². The van der Waals surface area contributed by atoms with Crippen molar-refractivity contribution >= 4 is 11.9 Å². The van der Waals surface area contributed by atoms with E-state index in [4.69, 9.17) is 10.2 Å². The van der Waals surface area contributed by atoms with Gasteiger partial charge in [0.15, 0.2) is 0 Å². The quantitative estimate of drug-likeness (QED) is 0.704. The molecule has 3 N–H and O–H groups in total. The van der Waals surface area contributed by atoms with Gasteiger partial charge >= 0.3 is 11.9 Å². The fraction of sp³-hybridized carbons (Fsp3) is 0.846. The van der Waals surface area contributed by atoms with Gasteiger partial charge in [-0.25, -0.2) is 0 Å². The Bertz CT molecular complexity index is 249. The van der Waals surface area contributed by atoms with Crippen molar-refractivity contribution in [1.82, 2.24) is 5.32 Å². The fourth-order valence-corrected chi connectivity index (χ4v) is 1.76. The van der Waals surface area contributed by atoms with E-state index in [1.807, 2.05) is 13.8 Å². The summed E-state index contributed by atoms with van der Waals surface area (Å²) in [4.78, 5) is 20.3. The molecule has 1 saturated carbocycles. The molecule has 106 valence electrons. The van der Waals surface area contributed by atoms with Crippen molar-refractivity contribution in [3.8, 4) is 0 Å². The summed E-state index contributed by atoms with van der Waals surface area (Å²) in [7, 11) is 0. The van der Waals surface area contributed by atoms with Gasteiger partial charge < -0.3 is 15.5 Å². The van der Waals surface area contributed by atoms with Gasteiger partial charge in [0.05, 0.1) is 12.5 Å². The minimum absolute atomic E-state index is 0.0289. The molecule has 0 saturated heterocycles. The molecule has 1 unspecified atom stereocenters. The Hall–Kier alpha value is -1.10. The summed E-state index contributed by atoms with van der Waals surface area (Å²) < 4.78 is 0. The molecule has 5 nitrogen and oxygen atoms in total. The second-order valence-electron chi connectivity index (χ2n) is 4.76. The van der Waals surface area contributed by atoms with Gasteiger partial charge in [-0.3, -0.25) is 9.59 Å². The normalized spacial score (nSPS) is 17.4. The monoisotopic (exact) mass is 259 g/mol. The average Bonchev–Trinajstić information content (AvgIpc) is 2.37. The highest BCUT2D eigenvalue weighted by Crippen LogP contribution is 2.23. The van der Waals surface area contributed by atoms with Crippen LogP contribution in [0.1, 0.15) is 52.4 Å². The second-order valence-corrected chi connectivity index (χ2v) is 4.76. The maximum absolute atomic E-state index is 10.4. The molecule has 18 heavy (non-hydrogen) atoms. The summed E-state index contributed by atoms with van der Waals surface area (Å²) in [5.74, 6) is -1.43. The first kappa shape index (κ1) is 16.9. The van der Waals surface area contributed by atoms with E-state index in [0.717, 1.165) is 32.1 Å². The maximum Gasteiger partial charge on any atom is 0.317 e. The van der Waals surface area contributed by atoms with Crippen LogP contribution in [0.15, 0.2) is 0 Å². The molecule has 0 amide bonds. The van der Waals surface area contributed by atoms with Crippen LogP contribution in [-0.2, 0) is 9.59 Å². The summed E-state index contributed by atoms with van der Waals surface area (Å²) in [6.45, 7) is 4.04. The minimum atomic E-state index is -0.796. The Balaban J connectivity index is 0.000000321. The largest absolute Gasteiger partial charge is 0.481 e. The lowest BCUT2D eigenvalue weighted by atomic mass is 9.90. The van der Waals surface area contributed by atoms with Gasteiger partial charge in [0.25, 0.3) is 0 Å². The molecule has 1 rings (SSSR count). The molecule has 0 aromatic carbocycles. The number of nitrogens with one attached hydrogen (secondary N) is 1. The third-order valence-corrected chi connectivity index (χ3v) is 3.17. The average molecular weight is 259 g/mol. The van der Waals surface area contributed by atoms with E-state index < -0.39 is 11.9 Å².